The van der Waals surface area contributed by atoms with Gasteiger partial charge in [0.15, 0.2) is 5.76 Å². The average Bonchev–Trinajstić information content (AvgIpc) is 2.66. The van der Waals surface area contributed by atoms with E-state index in [1.807, 2.05) is 39.8 Å². The van der Waals surface area contributed by atoms with Crippen molar-refractivity contribution in [1.82, 2.24) is 9.80 Å². The molecular weight excluding hydrogens is 372 g/mol. The van der Waals surface area contributed by atoms with Gasteiger partial charge in [-0.05, 0) is 58.1 Å². The molecule has 0 N–H and O–H groups in total. The van der Waals surface area contributed by atoms with Crippen LogP contribution >= 0.6 is 0 Å². The van der Waals surface area contributed by atoms with E-state index in [1.54, 1.807) is 29.0 Å². The predicted octanol–water partition coefficient (Wildman–Crippen LogP) is 3.57. The number of ether oxygens (including phenoxy) is 1. The standard InChI is InChI=1S/C22H28N2O5/c1-14-6-7-15-13-18(28-20(26)17(15)12-14)19(25)23(5)16-8-10-24(11-9-16)21(27)29-22(2,3)4/h6-7,12-13,16H,8-11H2,1-5H3. The Kier molecular flexibility index (Phi) is 5.68. The quantitative estimate of drug-likeness (QED) is 0.770. The number of aryl methyl sites for hydroxylation is 1. The van der Waals surface area contributed by atoms with E-state index >= 15 is 0 Å². The molecule has 3 rings (SSSR count). The van der Waals surface area contributed by atoms with Crippen molar-refractivity contribution in [1.29, 1.82) is 0 Å². The van der Waals surface area contributed by atoms with Gasteiger partial charge in [0.25, 0.3) is 5.91 Å². The van der Waals surface area contributed by atoms with Crippen molar-refractivity contribution in [3.05, 3.63) is 46.0 Å². The zero-order valence-corrected chi connectivity index (χ0v) is 17.7. The first-order valence-corrected chi connectivity index (χ1v) is 9.85. The molecule has 0 unspecified atom stereocenters. The summed E-state index contributed by atoms with van der Waals surface area (Å²) in [6.45, 7) is 8.43. The SMILES string of the molecule is Cc1ccc2cc(C(=O)N(C)C3CCN(C(=O)OC(C)(C)C)CC3)oc(=O)c2c1. The number of likely N-dealkylation sites (tertiary alicyclic amines) is 1. The van der Waals surface area contributed by atoms with Gasteiger partial charge >= 0.3 is 11.7 Å². The number of carbonyl (C=O) groups is 2. The molecule has 156 valence electrons. The Morgan fingerprint density at radius 2 is 1.83 bits per heavy atom. The van der Waals surface area contributed by atoms with E-state index in [0.29, 0.717) is 36.7 Å². The summed E-state index contributed by atoms with van der Waals surface area (Å²) in [7, 11) is 1.70. The Morgan fingerprint density at radius 1 is 1.17 bits per heavy atom. The van der Waals surface area contributed by atoms with Crippen molar-refractivity contribution < 1.29 is 18.7 Å². The Balaban J connectivity index is 1.69. The van der Waals surface area contributed by atoms with Gasteiger partial charge in [-0.1, -0.05) is 17.7 Å². The van der Waals surface area contributed by atoms with Crippen LogP contribution in [0.5, 0.6) is 0 Å². The maximum atomic E-state index is 12.9. The minimum atomic E-state index is -0.535. The van der Waals surface area contributed by atoms with Gasteiger partial charge in [0.2, 0.25) is 0 Å². The molecule has 1 aliphatic rings. The maximum absolute atomic E-state index is 12.9. The highest BCUT2D eigenvalue weighted by atomic mass is 16.6. The monoisotopic (exact) mass is 400 g/mol. The van der Waals surface area contributed by atoms with Gasteiger partial charge in [0.05, 0.1) is 5.39 Å². The molecule has 1 fully saturated rings. The number of rotatable bonds is 2. The fourth-order valence-electron chi connectivity index (χ4n) is 3.51. The number of nitrogens with zero attached hydrogens (tertiary/aromatic N) is 2. The molecule has 7 heteroatoms. The van der Waals surface area contributed by atoms with Crippen molar-refractivity contribution >= 4 is 22.8 Å². The number of piperidine rings is 1. The third kappa shape index (κ3) is 4.78. The lowest BCUT2D eigenvalue weighted by molar-refractivity contribution is 0.0157. The van der Waals surface area contributed by atoms with Crippen LogP contribution in [0.3, 0.4) is 0 Å². The Morgan fingerprint density at radius 3 is 2.45 bits per heavy atom. The molecule has 0 atom stereocenters. The van der Waals surface area contributed by atoms with E-state index in [-0.39, 0.29) is 23.8 Å². The van der Waals surface area contributed by atoms with Gasteiger partial charge in [-0.2, -0.15) is 0 Å². The minimum absolute atomic E-state index is 0.0309. The Labute approximate surface area is 170 Å². The van der Waals surface area contributed by atoms with Crippen molar-refractivity contribution in [2.45, 2.75) is 52.2 Å². The van der Waals surface area contributed by atoms with Crippen LogP contribution in [0.15, 0.2) is 33.5 Å². The van der Waals surface area contributed by atoms with Crippen molar-refractivity contribution in [2.75, 3.05) is 20.1 Å². The molecule has 1 aromatic carbocycles. The van der Waals surface area contributed by atoms with E-state index in [1.165, 1.54) is 0 Å². The van der Waals surface area contributed by atoms with Crippen LogP contribution in [0, 0.1) is 6.92 Å². The van der Waals surface area contributed by atoms with E-state index in [4.69, 9.17) is 9.15 Å². The summed E-state index contributed by atoms with van der Waals surface area (Å²) >= 11 is 0. The summed E-state index contributed by atoms with van der Waals surface area (Å²) in [6.07, 6.45) is 0.942. The molecule has 0 radical (unpaired) electrons. The first-order chi connectivity index (χ1) is 13.5. The van der Waals surface area contributed by atoms with E-state index in [2.05, 4.69) is 0 Å². The van der Waals surface area contributed by atoms with Crippen molar-refractivity contribution in [2.24, 2.45) is 0 Å². The lowest BCUT2D eigenvalue weighted by Crippen LogP contribution is -2.48. The molecule has 0 bridgehead atoms. The van der Waals surface area contributed by atoms with Gasteiger partial charge in [0, 0.05) is 26.2 Å². The number of amides is 2. The van der Waals surface area contributed by atoms with E-state index in [9.17, 15) is 14.4 Å². The van der Waals surface area contributed by atoms with Gasteiger partial charge < -0.3 is 19.0 Å². The highest BCUT2D eigenvalue weighted by Gasteiger charge is 2.31. The summed E-state index contributed by atoms with van der Waals surface area (Å²) in [5.41, 5.74) is -0.0900. The van der Waals surface area contributed by atoms with Crippen LogP contribution in [0.25, 0.3) is 10.8 Å². The summed E-state index contributed by atoms with van der Waals surface area (Å²) in [6, 6.07) is 7.04. The molecular formula is C22H28N2O5. The fourth-order valence-corrected chi connectivity index (χ4v) is 3.51. The Hall–Kier alpha value is -2.83. The lowest BCUT2D eigenvalue weighted by atomic mass is 10.0. The first kappa shape index (κ1) is 20.9. The van der Waals surface area contributed by atoms with Gasteiger partial charge in [-0.25, -0.2) is 9.59 Å². The second-order valence-electron chi connectivity index (χ2n) is 8.60. The maximum Gasteiger partial charge on any atom is 0.410 e. The zero-order valence-electron chi connectivity index (χ0n) is 17.7. The van der Waals surface area contributed by atoms with Crippen molar-refractivity contribution in [3.63, 3.8) is 0 Å². The molecule has 2 amide bonds. The highest BCUT2D eigenvalue weighted by molar-refractivity contribution is 5.95. The molecule has 0 spiro atoms. The molecule has 0 saturated carbocycles. The third-order valence-electron chi connectivity index (χ3n) is 5.11. The number of hydrogen-bond acceptors (Lipinski definition) is 5. The van der Waals surface area contributed by atoms with Crippen LogP contribution in [0.1, 0.15) is 49.7 Å². The number of benzene rings is 1. The van der Waals surface area contributed by atoms with Gasteiger partial charge in [-0.3, -0.25) is 4.79 Å². The number of hydrogen-bond donors (Lipinski definition) is 0. The second-order valence-corrected chi connectivity index (χ2v) is 8.60. The number of fused-ring (bicyclic) bond motifs is 1. The summed E-state index contributed by atoms with van der Waals surface area (Å²) < 4.78 is 10.7. The Bertz CT molecular complexity index is 981. The van der Waals surface area contributed by atoms with Crippen LogP contribution in [0.2, 0.25) is 0 Å². The van der Waals surface area contributed by atoms with E-state index in [0.717, 1.165) is 5.56 Å². The topological polar surface area (TPSA) is 80.1 Å². The number of carbonyl (C=O) groups excluding carboxylic acids is 2. The second kappa shape index (κ2) is 7.89. The molecule has 2 heterocycles. The zero-order chi connectivity index (χ0) is 21.3. The summed E-state index contributed by atoms with van der Waals surface area (Å²) in [4.78, 5) is 40.7. The lowest BCUT2D eigenvalue weighted by Gasteiger charge is -2.37. The smallest absolute Gasteiger partial charge is 0.410 e. The van der Waals surface area contributed by atoms with Crippen LogP contribution < -0.4 is 5.63 Å². The molecule has 0 aliphatic carbocycles. The minimum Gasteiger partial charge on any atom is -0.444 e. The molecule has 1 aromatic heterocycles. The first-order valence-electron chi connectivity index (χ1n) is 9.85. The van der Waals surface area contributed by atoms with Crippen LogP contribution in [-0.2, 0) is 4.74 Å². The highest BCUT2D eigenvalue weighted by Crippen LogP contribution is 2.21. The molecule has 29 heavy (non-hydrogen) atoms. The van der Waals surface area contributed by atoms with Gasteiger partial charge in [-0.15, -0.1) is 0 Å². The van der Waals surface area contributed by atoms with E-state index < -0.39 is 11.2 Å². The van der Waals surface area contributed by atoms with Crippen LogP contribution in [0.4, 0.5) is 4.79 Å². The van der Waals surface area contributed by atoms with Gasteiger partial charge in [0.1, 0.15) is 5.60 Å². The summed E-state index contributed by atoms with van der Waals surface area (Å²) in [5.74, 6) is -0.302. The molecule has 1 aliphatic heterocycles. The molecule has 2 aromatic rings. The molecule has 1 saturated heterocycles. The summed E-state index contributed by atoms with van der Waals surface area (Å²) in [5, 5.41) is 1.15. The largest absolute Gasteiger partial charge is 0.444 e. The fraction of sp³-hybridized carbons (Fsp3) is 0.500. The normalized spacial score (nSPS) is 15.4. The molecule has 7 nitrogen and oxygen atoms in total. The predicted molar refractivity (Wildman–Crippen MR) is 110 cm³/mol. The third-order valence-corrected chi connectivity index (χ3v) is 5.11. The van der Waals surface area contributed by atoms with Crippen molar-refractivity contribution in [3.8, 4) is 0 Å². The average molecular weight is 400 g/mol. The van der Waals surface area contributed by atoms with Crippen LogP contribution in [-0.4, -0.2) is 53.6 Å².